The Morgan fingerprint density at radius 3 is 2.50 bits per heavy atom. The lowest BCUT2D eigenvalue weighted by atomic mass is 10.0. The van der Waals surface area contributed by atoms with Gasteiger partial charge in [-0.3, -0.25) is 19.3 Å². The summed E-state index contributed by atoms with van der Waals surface area (Å²) in [5.74, 6) is 0.162. The van der Waals surface area contributed by atoms with Crippen molar-refractivity contribution in [2.45, 2.75) is 24.9 Å². The van der Waals surface area contributed by atoms with Gasteiger partial charge >= 0.3 is 0 Å². The molecule has 22 heavy (non-hydrogen) atoms. The van der Waals surface area contributed by atoms with Crippen LogP contribution in [-0.4, -0.2) is 96.6 Å². The van der Waals surface area contributed by atoms with Crippen LogP contribution in [-0.2, 0) is 19.1 Å². The molecule has 0 saturated carbocycles. The quantitative estimate of drug-likeness (QED) is 0.615. The Labute approximate surface area is 129 Å². The largest absolute Gasteiger partial charge is 0.483 e. The third-order valence-electron chi connectivity index (χ3n) is 4.47. The van der Waals surface area contributed by atoms with Crippen LogP contribution < -0.4 is 0 Å². The SMILES string of the molecule is CN1CC(=O)N2CCN(C3CCOCC3)CC2C1=O.O=CO. The number of likely N-dealkylation sites (N-methyl/N-ethyl adjacent to an activating group) is 1. The highest BCUT2D eigenvalue weighted by molar-refractivity contribution is 5.95. The Hall–Kier alpha value is -1.67. The number of piperazine rings is 2. The van der Waals surface area contributed by atoms with Gasteiger partial charge in [-0.15, -0.1) is 0 Å². The predicted octanol–water partition coefficient (Wildman–Crippen LogP) is -1.15. The molecular formula is C14H23N3O5. The van der Waals surface area contributed by atoms with Crippen LogP contribution in [0.1, 0.15) is 12.8 Å². The maximum Gasteiger partial charge on any atom is 0.290 e. The number of ether oxygens (including phenoxy) is 1. The number of carbonyl (C=O) groups is 3. The molecule has 1 N–H and O–H groups in total. The van der Waals surface area contributed by atoms with E-state index in [4.69, 9.17) is 14.6 Å². The number of hydrogen-bond acceptors (Lipinski definition) is 5. The number of nitrogens with zero attached hydrogens (tertiary/aromatic N) is 3. The molecule has 0 aliphatic carbocycles. The lowest BCUT2D eigenvalue weighted by Crippen LogP contribution is -2.67. The molecule has 0 aromatic heterocycles. The number of carboxylic acid groups (broad SMARTS) is 1. The van der Waals surface area contributed by atoms with E-state index >= 15 is 0 Å². The van der Waals surface area contributed by atoms with Crippen molar-refractivity contribution >= 4 is 18.3 Å². The zero-order chi connectivity index (χ0) is 16.1. The highest BCUT2D eigenvalue weighted by atomic mass is 16.5. The van der Waals surface area contributed by atoms with Crippen molar-refractivity contribution in [1.82, 2.24) is 14.7 Å². The number of amides is 2. The normalized spacial score (nSPS) is 27.0. The van der Waals surface area contributed by atoms with Crippen LogP contribution in [0.15, 0.2) is 0 Å². The number of rotatable bonds is 1. The molecule has 0 aromatic carbocycles. The lowest BCUT2D eigenvalue weighted by Gasteiger charge is -2.47. The highest BCUT2D eigenvalue weighted by Crippen LogP contribution is 2.22. The van der Waals surface area contributed by atoms with Gasteiger partial charge in [0.15, 0.2) is 0 Å². The van der Waals surface area contributed by atoms with Gasteiger partial charge in [0, 0.05) is 45.9 Å². The molecule has 3 aliphatic rings. The number of fused-ring (bicyclic) bond motifs is 1. The van der Waals surface area contributed by atoms with Crippen LogP contribution in [0.25, 0.3) is 0 Å². The van der Waals surface area contributed by atoms with Crippen LogP contribution in [0.5, 0.6) is 0 Å². The van der Waals surface area contributed by atoms with E-state index in [9.17, 15) is 9.59 Å². The third kappa shape index (κ3) is 3.56. The van der Waals surface area contributed by atoms with E-state index in [1.54, 1.807) is 16.8 Å². The summed E-state index contributed by atoms with van der Waals surface area (Å²) < 4.78 is 5.39. The molecule has 3 fully saturated rings. The second-order valence-corrected chi connectivity index (χ2v) is 5.74. The van der Waals surface area contributed by atoms with E-state index in [0.717, 1.165) is 32.6 Å². The molecule has 2 amide bonds. The molecule has 1 atom stereocenters. The zero-order valence-electron chi connectivity index (χ0n) is 12.8. The van der Waals surface area contributed by atoms with Crippen LogP contribution in [0, 0.1) is 0 Å². The van der Waals surface area contributed by atoms with E-state index < -0.39 is 0 Å². The van der Waals surface area contributed by atoms with Crippen LogP contribution in [0.4, 0.5) is 0 Å². The predicted molar refractivity (Wildman–Crippen MR) is 77.2 cm³/mol. The monoisotopic (exact) mass is 313 g/mol. The van der Waals surface area contributed by atoms with Gasteiger partial charge in [-0.1, -0.05) is 0 Å². The highest BCUT2D eigenvalue weighted by Gasteiger charge is 2.42. The van der Waals surface area contributed by atoms with Crippen molar-refractivity contribution in [3.63, 3.8) is 0 Å². The smallest absolute Gasteiger partial charge is 0.290 e. The summed E-state index contributed by atoms with van der Waals surface area (Å²) in [7, 11) is 1.71. The minimum Gasteiger partial charge on any atom is -0.483 e. The van der Waals surface area contributed by atoms with Crippen LogP contribution in [0.3, 0.4) is 0 Å². The first-order valence-corrected chi connectivity index (χ1v) is 7.52. The summed E-state index contributed by atoms with van der Waals surface area (Å²) in [6.07, 6.45) is 2.06. The van der Waals surface area contributed by atoms with Gasteiger partial charge in [-0.05, 0) is 12.8 Å². The van der Waals surface area contributed by atoms with Crippen LogP contribution in [0.2, 0.25) is 0 Å². The van der Waals surface area contributed by atoms with Crippen molar-refractivity contribution in [2.24, 2.45) is 0 Å². The first-order chi connectivity index (χ1) is 10.6. The number of carbonyl (C=O) groups excluding carboxylic acids is 2. The molecule has 0 bridgehead atoms. The fourth-order valence-corrected chi connectivity index (χ4v) is 3.32. The lowest BCUT2D eigenvalue weighted by molar-refractivity contribution is -0.159. The topological polar surface area (TPSA) is 90.4 Å². The maximum absolute atomic E-state index is 12.2. The molecule has 1 unspecified atom stereocenters. The van der Waals surface area contributed by atoms with E-state index in [1.165, 1.54) is 0 Å². The van der Waals surface area contributed by atoms with Gasteiger partial charge in [0.05, 0.1) is 6.54 Å². The molecule has 3 rings (SSSR count). The van der Waals surface area contributed by atoms with Gasteiger partial charge in [0.2, 0.25) is 11.8 Å². The molecule has 8 nitrogen and oxygen atoms in total. The van der Waals surface area contributed by atoms with Gasteiger partial charge in [-0.25, -0.2) is 0 Å². The summed E-state index contributed by atoms with van der Waals surface area (Å²) in [6.45, 7) is 3.83. The van der Waals surface area contributed by atoms with Gasteiger partial charge in [-0.2, -0.15) is 0 Å². The minimum atomic E-state index is -0.275. The Bertz CT molecular complexity index is 425. The minimum absolute atomic E-state index is 0.0800. The zero-order valence-corrected chi connectivity index (χ0v) is 12.8. The molecule has 0 radical (unpaired) electrons. The van der Waals surface area contributed by atoms with E-state index in [-0.39, 0.29) is 30.9 Å². The van der Waals surface area contributed by atoms with E-state index in [1.807, 2.05) is 0 Å². The maximum atomic E-state index is 12.2. The molecule has 3 saturated heterocycles. The van der Waals surface area contributed by atoms with Crippen molar-refractivity contribution in [3.05, 3.63) is 0 Å². The Morgan fingerprint density at radius 1 is 1.23 bits per heavy atom. The summed E-state index contributed by atoms with van der Waals surface area (Å²) in [4.78, 5) is 38.2. The van der Waals surface area contributed by atoms with Crippen molar-refractivity contribution in [1.29, 1.82) is 0 Å². The molecule has 0 aromatic rings. The fourth-order valence-electron chi connectivity index (χ4n) is 3.32. The summed E-state index contributed by atoms with van der Waals surface area (Å²) in [5.41, 5.74) is 0. The Morgan fingerprint density at radius 2 is 1.86 bits per heavy atom. The molecule has 124 valence electrons. The Balaban J connectivity index is 0.000000545. The summed E-state index contributed by atoms with van der Waals surface area (Å²) in [5, 5.41) is 6.89. The van der Waals surface area contributed by atoms with Crippen LogP contribution >= 0.6 is 0 Å². The second-order valence-electron chi connectivity index (χ2n) is 5.74. The van der Waals surface area contributed by atoms with Crippen molar-refractivity contribution < 1.29 is 24.2 Å². The summed E-state index contributed by atoms with van der Waals surface area (Å²) in [6, 6.07) is 0.230. The first kappa shape index (κ1) is 16.7. The average molecular weight is 313 g/mol. The molecule has 3 heterocycles. The van der Waals surface area contributed by atoms with Gasteiger partial charge < -0.3 is 19.6 Å². The standard InChI is InChI=1S/C13H21N3O3.CH2O2/c1-14-9-12(17)16-5-4-15(8-11(16)13(14)18)10-2-6-19-7-3-10;2-1-3/h10-11H,2-9H2,1H3;1H,(H,2,3). The van der Waals surface area contributed by atoms with Gasteiger partial charge in [0.25, 0.3) is 6.47 Å². The van der Waals surface area contributed by atoms with Gasteiger partial charge in [0.1, 0.15) is 6.04 Å². The first-order valence-electron chi connectivity index (χ1n) is 7.52. The van der Waals surface area contributed by atoms with E-state index in [2.05, 4.69) is 4.90 Å². The molecule has 8 heteroatoms. The molecular weight excluding hydrogens is 290 g/mol. The molecule has 0 spiro atoms. The molecule has 3 aliphatic heterocycles. The van der Waals surface area contributed by atoms with Crippen molar-refractivity contribution in [2.75, 3.05) is 46.4 Å². The third-order valence-corrected chi connectivity index (χ3v) is 4.47. The number of hydrogen-bond donors (Lipinski definition) is 1. The Kier molecular flexibility index (Phi) is 5.73. The van der Waals surface area contributed by atoms with Crippen molar-refractivity contribution in [3.8, 4) is 0 Å². The average Bonchev–Trinajstić information content (AvgIpc) is 2.54. The fraction of sp³-hybridized carbons (Fsp3) is 0.786. The second kappa shape index (κ2) is 7.55. The summed E-state index contributed by atoms with van der Waals surface area (Å²) >= 11 is 0. The van der Waals surface area contributed by atoms with E-state index in [0.29, 0.717) is 19.1 Å².